The maximum atomic E-state index is 14.6. The molecule has 0 saturated carbocycles. The molecule has 11 aromatic carbocycles. The maximum absolute atomic E-state index is 14.6. The molecule has 0 spiro atoms. The van der Waals surface area contributed by atoms with Crippen LogP contribution in [0.25, 0.3) is 154 Å². The van der Waals surface area contributed by atoms with E-state index in [1.807, 2.05) is 212 Å². The highest BCUT2D eigenvalue weighted by Gasteiger charge is 2.29. The number of fused-ring (bicyclic) bond motifs is 15. The van der Waals surface area contributed by atoms with E-state index in [4.69, 9.17) is 24.7 Å². The van der Waals surface area contributed by atoms with Crippen LogP contribution >= 0.6 is 18.5 Å². The van der Waals surface area contributed by atoms with Crippen molar-refractivity contribution in [2.75, 3.05) is 0 Å². The van der Waals surface area contributed by atoms with Gasteiger partial charge in [-0.05, 0) is 120 Å². The molecule has 0 aliphatic carbocycles. The van der Waals surface area contributed by atoms with Crippen molar-refractivity contribution in [2.24, 2.45) is 0 Å². The van der Waals surface area contributed by atoms with Crippen molar-refractivity contribution in [3.8, 4) is 55.9 Å². The van der Waals surface area contributed by atoms with Gasteiger partial charge in [-0.3, -0.25) is 4.98 Å². The number of hydrogen-bond donors (Lipinski definition) is 0. The lowest BCUT2D eigenvalue weighted by atomic mass is 10.0. The number of pyridine rings is 5. The van der Waals surface area contributed by atoms with Gasteiger partial charge in [-0.1, -0.05) is 249 Å². The van der Waals surface area contributed by atoms with Gasteiger partial charge in [-0.25, -0.2) is 28.0 Å². The van der Waals surface area contributed by atoms with Gasteiger partial charge in [0, 0.05) is 60.2 Å². The molecule has 502 valence electrons. The summed E-state index contributed by atoms with van der Waals surface area (Å²) in [4.78, 5) is 13.8. The molecular formula is C91H60N11O2PS. The molecule has 0 atom stereocenters. The Balaban J connectivity index is 0.000000100. The first-order chi connectivity index (χ1) is 52.3. The summed E-state index contributed by atoms with van der Waals surface area (Å²) in [6.07, 6.45) is 1.90. The number of hydrogen-bond acceptors (Lipinski definition) is 10. The number of para-hydroxylation sites is 8. The summed E-state index contributed by atoms with van der Waals surface area (Å²) < 4.78 is 29.6. The lowest BCUT2D eigenvalue weighted by Crippen LogP contribution is -2.24. The Morgan fingerprint density at radius 2 is 0.679 bits per heavy atom. The van der Waals surface area contributed by atoms with Crippen molar-refractivity contribution in [1.29, 1.82) is 0 Å². The van der Waals surface area contributed by atoms with Crippen molar-refractivity contribution in [3.63, 3.8) is 0 Å². The highest BCUT2D eigenvalue weighted by molar-refractivity contribution is 7.85. The predicted molar refractivity (Wildman–Crippen MR) is 433 cm³/mol. The third-order valence-corrected chi connectivity index (χ3v) is 23.4. The molecule has 0 saturated heterocycles. The first-order valence-corrected chi connectivity index (χ1v) is 37.4. The van der Waals surface area contributed by atoms with Crippen LogP contribution in [0.15, 0.2) is 369 Å². The van der Waals surface area contributed by atoms with Crippen LogP contribution < -0.4 is 15.9 Å². The summed E-state index contributed by atoms with van der Waals surface area (Å²) in [7, 11) is -2.98. The van der Waals surface area contributed by atoms with Crippen LogP contribution in [0, 0.1) is 0 Å². The SMILES string of the molecule is O=P(c1ccccc1)(c1ccccc1)c1ccc(-c2ccc(-c3cc4ccc5ccccc5n4n3)cc2)cc1.c1ccc2c(c1)ccc1cc(-c3nc4ccccc4o3)nn12.c1ccc2c(c1)ccc1cc(-c3nc4ccccc4s3)nn12.c1ccc2ncc(-c3cc4ccc5ccccc5n4n3)cc2c1. The molecule has 11 heterocycles. The minimum atomic E-state index is -2.98. The van der Waals surface area contributed by atoms with Crippen LogP contribution in [0.4, 0.5) is 0 Å². The van der Waals surface area contributed by atoms with Crippen LogP contribution in [0.5, 0.6) is 0 Å². The fraction of sp³-hybridized carbons (Fsp3) is 0. The Bertz CT molecular complexity index is 6790. The average molecular weight is 1400 g/mol. The van der Waals surface area contributed by atoms with Crippen molar-refractivity contribution in [2.45, 2.75) is 0 Å². The van der Waals surface area contributed by atoms with Crippen LogP contribution in [-0.4, -0.2) is 53.4 Å². The molecule has 15 heteroatoms. The molecule has 106 heavy (non-hydrogen) atoms. The fourth-order valence-corrected chi connectivity index (χ4v) is 17.5. The molecule has 11 aromatic heterocycles. The number of rotatable bonds is 8. The first kappa shape index (κ1) is 63.2. The number of benzene rings is 11. The summed E-state index contributed by atoms with van der Waals surface area (Å²) in [5.41, 5.74) is 20.2. The first-order valence-electron chi connectivity index (χ1n) is 34.9. The average Bonchev–Trinajstić information content (AvgIpc) is 1.75. The highest BCUT2D eigenvalue weighted by atomic mass is 32.1. The molecule has 0 aliphatic heterocycles. The second kappa shape index (κ2) is 26.9. The van der Waals surface area contributed by atoms with E-state index in [-0.39, 0.29) is 0 Å². The monoisotopic (exact) mass is 1400 g/mol. The zero-order chi connectivity index (χ0) is 70.5. The molecule has 0 radical (unpaired) electrons. The predicted octanol–water partition coefficient (Wildman–Crippen LogP) is 21.2. The van der Waals surface area contributed by atoms with Crippen LogP contribution in [-0.2, 0) is 4.57 Å². The van der Waals surface area contributed by atoms with Crippen molar-refractivity contribution in [1.82, 2.24) is 53.4 Å². The van der Waals surface area contributed by atoms with Gasteiger partial charge < -0.3 is 8.98 Å². The molecule has 22 aromatic rings. The van der Waals surface area contributed by atoms with Crippen LogP contribution in [0.2, 0.25) is 0 Å². The van der Waals surface area contributed by atoms with Gasteiger partial charge in [-0.15, -0.1) is 11.3 Å². The van der Waals surface area contributed by atoms with E-state index in [1.165, 1.54) is 20.9 Å². The molecule has 0 bridgehead atoms. The quantitative estimate of drug-likeness (QED) is 0.136. The van der Waals surface area contributed by atoms with Gasteiger partial charge >= 0.3 is 0 Å². The Labute approximate surface area is 610 Å². The Kier molecular flexibility index (Phi) is 16.0. The number of oxazole rings is 1. The Morgan fingerprint density at radius 1 is 0.292 bits per heavy atom. The molecular weight excluding hydrogens is 1340 g/mol. The lowest BCUT2D eigenvalue weighted by Gasteiger charge is -2.20. The lowest BCUT2D eigenvalue weighted by molar-refractivity contribution is 0.592. The summed E-state index contributed by atoms with van der Waals surface area (Å²) in [5, 5.41) is 28.4. The maximum Gasteiger partial charge on any atom is 0.248 e. The normalized spacial score (nSPS) is 11.6. The van der Waals surface area contributed by atoms with E-state index < -0.39 is 7.14 Å². The summed E-state index contributed by atoms with van der Waals surface area (Å²) in [6.45, 7) is 0. The Morgan fingerprint density at radius 3 is 1.20 bits per heavy atom. The third-order valence-electron chi connectivity index (χ3n) is 19.2. The molecule has 0 fully saturated rings. The summed E-state index contributed by atoms with van der Waals surface area (Å²) in [5.74, 6) is 0.550. The highest BCUT2D eigenvalue weighted by Crippen LogP contribution is 2.43. The van der Waals surface area contributed by atoms with E-state index in [0.29, 0.717) is 5.89 Å². The minimum Gasteiger partial charge on any atom is -0.435 e. The second-order valence-corrected chi connectivity index (χ2v) is 29.6. The third kappa shape index (κ3) is 11.8. The van der Waals surface area contributed by atoms with Crippen molar-refractivity contribution >= 4 is 132 Å². The second-order valence-electron chi connectivity index (χ2n) is 25.8. The van der Waals surface area contributed by atoms with E-state index >= 15 is 0 Å². The molecule has 0 unspecified atom stereocenters. The smallest absolute Gasteiger partial charge is 0.248 e. The van der Waals surface area contributed by atoms with Gasteiger partial charge in [-0.2, -0.15) is 20.4 Å². The number of aromatic nitrogens is 11. The molecule has 13 nitrogen and oxygen atoms in total. The van der Waals surface area contributed by atoms with E-state index in [9.17, 15) is 4.57 Å². The number of nitrogens with zero attached hydrogens (tertiary/aromatic N) is 11. The largest absolute Gasteiger partial charge is 0.435 e. The van der Waals surface area contributed by atoms with Gasteiger partial charge in [0.15, 0.2) is 12.7 Å². The van der Waals surface area contributed by atoms with Crippen molar-refractivity contribution in [3.05, 3.63) is 364 Å². The standard InChI is InChI=1S/C35H25N2OP.C20H13N3.C18H11N3O.C18H11N3S/c38-39(31-10-3-1-4-11-31,32-12-5-2-6-13-32)33-23-20-27(21-24-33)26-15-17-28(18-16-26)34-25-30-22-19-29-9-7-8-14-35(29)37(30)36-34;1-3-7-18-15(6-1)11-16(13-21-18)19-12-17-10-9-14-5-2-4-8-20(14)23(17)22-19;2*1-3-7-16-12(5-1)9-10-13-11-15(20-21(13)16)18-19-14-6-2-4-8-17(14)22-18/h1-25H;1-13H;2*1-11H. The zero-order valence-corrected chi connectivity index (χ0v) is 58.4. The zero-order valence-electron chi connectivity index (χ0n) is 56.7. The van der Waals surface area contributed by atoms with Gasteiger partial charge in [0.25, 0.3) is 0 Å². The Hall–Kier alpha value is -13.8. The summed E-state index contributed by atoms with van der Waals surface area (Å²) >= 11 is 1.68. The van der Waals surface area contributed by atoms with Crippen molar-refractivity contribution < 1.29 is 8.98 Å². The van der Waals surface area contributed by atoms with E-state index in [0.717, 1.165) is 143 Å². The van der Waals surface area contributed by atoms with Gasteiger partial charge in [0.2, 0.25) is 5.89 Å². The summed E-state index contributed by atoms with van der Waals surface area (Å²) in [6, 6.07) is 121. The van der Waals surface area contributed by atoms with Crippen LogP contribution in [0.1, 0.15) is 0 Å². The molecule has 22 rings (SSSR count). The van der Waals surface area contributed by atoms with Gasteiger partial charge in [0.1, 0.15) is 21.9 Å². The van der Waals surface area contributed by atoms with Gasteiger partial charge in [0.05, 0.1) is 71.3 Å². The minimum absolute atomic E-state index is 0.550. The molecule has 0 N–H and O–H groups in total. The van der Waals surface area contributed by atoms with Crippen LogP contribution in [0.3, 0.4) is 0 Å². The fourth-order valence-electron chi connectivity index (χ4n) is 13.9. The number of thiazole rings is 1. The van der Waals surface area contributed by atoms with E-state index in [2.05, 4.69) is 185 Å². The molecule has 0 amide bonds. The molecule has 0 aliphatic rings. The topological polar surface area (TPSA) is 138 Å². The van der Waals surface area contributed by atoms with E-state index in [1.54, 1.807) is 11.3 Å².